The zero-order chi connectivity index (χ0) is 23.6. The predicted molar refractivity (Wildman–Crippen MR) is 131 cm³/mol. The van der Waals surface area contributed by atoms with Crippen molar-refractivity contribution in [3.05, 3.63) is 51.9 Å². The van der Waals surface area contributed by atoms with Gasteiger partial charge in [-0.25, -0.2) is 14.2 Å². The van der Waals surface area contributed by atoms with E-state index in [0.29, 0.717) is 42.2 Å². The Morgan fingerprint density at radius 3 is 2.79 bits per heavy atom. The number of nitrogens with one attached hydrogen (secondary N) is 3. The standard InChI is InChI=1S/C22H24Cl2FN5O2S/c1-33-27-12-22(6-7-22)15-5-4-14(10-17(15)25)30-8-2-3-18(20(30)31)28-21(32)29-19-16(24)9-13(23)11-26-19/h4-5,9-11,18,27H,2-3,6-8,12H2,1H3,(H2,26,28,29,32). The van der Waals surface area contributed by atoms with Gasteiger partial charge in [0.15, 0.2) is 5.82 Å². The minimum Gasteiger partial charge on any atom is -0.326 e. The second-order valence-corrected chi connectivity index (χ2v) is 9.78. The van der Waals surface area contributed by atoms with E-state index in [0.717, 1.165) is 12.8 Å². The molecule has 1 aliphatic heterocycles. The molecule has 4 rings (SSSR count). The molecule has 2 aromatic rings. The normalized spacial score (nSPS) is 19.3. The summed E-state index contributed by atoms with van der Waals surface area (Å²) in [6.45, 7) is 1.17. The number of carbonyl (C=O) groups is 2. The fourth-order valence-corrected chi connectivity index (χ4v) is 4.93. The summed E-state index contributed by atoms with van der Waals surface area (Å²) >= 11 is 13.4. The SMILES string of the molecule is CSNCC1(c2ccc(N3CCCC(NC(=O)Nc4ncc(Cl)cc4Cl)C3=O)cc2F)CC1. The second kappa shape index (κ2) is 10.0. The van der Waals surface area contributed by atoms with Crippen molar-refractivity contribution in [2.75, 3.05) is 29.6 Å². The van der Waals surface area contributed by atoms with Gasteiger partial charge in [-0.2, -0.15) is 0 Å². The lowest BCUT2D eigenvalue weighted by Crippen LogP contribution is -2.53. The lowest BCUT2D eigenvalue weighted by molar-refractivity contribution is -0.121. The first-order valence-corrected chi connectivity index (χ1v) is 12.6. The largest absolute Gasteiger partial charge is 0.326 e. The third kappa shape index (κ3) is 5.37. The fourth-order valence-electron chi connectivity index (χ4n) is 4.08. The molecule has 7 nitrogen and oxygen atoms in total. The molecule has 3 N–H and O–H groups in total. The van der Waals surface area contributed by atoms with E-state index in [-0.39, 0.29) is 28.0 Å². The number of pyridine rings is 1. The Balaban J connectivity index is 1.43. The van der Waals surface area contributed by atoms with Crippen LogP contribution in [-0.4, -0.2) is 42.3 Å². The summed E-state index contributed by atoms with van der Waals surface area (Å²) < 4.78 is 18.3. The van der Waals surface area contributed by atoms with Crippen LogP contribution in [0.4, 0.5) is 20.7 Å². The molecular formula is C22H24Cl2FN5O2S. The minimum absolute atomic E-state index is 0.140. The van der Waals surface area contributed by atoms with E-state index >= 15 is 4.39 Å². The number of rotatable bonds is 7. The number of halogens is 3. The fraction of sp³-hybridized carbons (Fsp3) is 0.409. The highest BCUT2D eigenvalue weighted by atomic mass is 35.5. The number of urea groups is 1. The molecule has 1 aliphatic carbocycles. The summed E-state index contributed by atoms with van der Waals surface area (Å²) in [4.78, 5) is 31.0. The quantitative estimate of drug-likeness (QED) is 0.467. The van der Waals surface area contributed by atoms with Crippen LogP contribution < -0.4 is 20.3 Å². The van der Waals surface area contributed by atoms with Gasteiger partial charge in [-0.3, -0.25) is 14.8 Å². The Kier molecular flexibility index (Phi) is 7.33. The summed E-state index contributed by atoms with van der Waals surface area (Å²) in [5.74, 6) is -0.456. The van der Waals surface area contributed by atoms with Crippen LogP contribution in [-0.2, 0) is 10.2 Å². The molecule has 0 bridgehead atoms. The van der Waals surface area contributed by atoms with Crippen molar-refractivity contribution in [1.82, 2.24) is 15.0 Å². The van der Waals surface area contributed by atoms with E-state index in [2.05, 4.69) is 20.3 Å². The topological polar surface area (TPSA) is 86.4 Å². The molecule has 11 heteroatoms. The van der Waals surface area contributed by atoms with Gasteiger partial charge in [0.05, 0.1) is 10.0 Å². The van der Waals surface area contributed by atoms with Gasteiger partial charge in [-0.1, -0.05) is 41.2 Å². The molecule has 2 fully saturated rings. The van der Waals surface area contributed by atoms with Crippen molar-refractivity contribution in [2.45, 2.75) is 37.1 Å². The van der Waals surface area contributed by atoms with Crippen molar-refractivity contribution in [3.8, 4) is 0 Å². The third-order valence-electron chi connectivity index (χ3n) is 6.03. The number of aromatic nitrogens is 1. The summed E-state index contributed by atoms with van der Waals surface area (Å²) in [6.07, 6.45) is 6.33. The molecule has 1 unspecified atom stereocenters. The number of carbonyl (C=O) groups excluding carboxylic acids is 2. The third-order valence-corrected chi connectivity index (χ3v) is 6.96. The number of piperidine rings is 1. The Morgan fingerprint density at radius 1 is 1.33 bits per heavy atom. The van der Waals surface area contributed by atoms with Crippen molar-refractivity contribution in [2.24, 2.45) is 0 Å². The van der Waals surface area contributed by atoms with Gasteiger partial charge < -0.3 is 10.2 Å². The summed E-state index contributed by atoms with van der Waals surface area (Å²) in [7, 11) is 0. The molecule has 1 aromatic heterocycles. The Morgan fingerprint density at radius 2 is 2.12 bits per heavy atom. The van der Waals surface area contributed by atoms with Crippen LogP contribution >= 0.6 is 35.1 Å². The van der Waals surface area contributed by atoms with Gasteiger partial charge in [-0.05, 0) is 55.7 Å². The molecule has 3 amide bonds. The average molecular weight is 512 g/mol. The number of amides is 3. The van der Waals surface area contributed by atoms with Crippen LogP contribution in [0.2, 0.25) is 10.0 Å². The van der Waals surface area contributed by atoms with E-state index < -0.39 is 12.1 Å². The molecule has 176 valence electrons. The predicted octanol–water partition coefficient (Wildman–Crippen LogP) is 4.74. The zero-order valence-electron chi connectivity index (χ0n) is 18.0. The van der Waals surface area contributed by atoms with E-state index in [1.54, 1.807) is 12.1 Å². The first-order chi connectivity index (χ1) is 15.8. The van der Waals surface area contributed by atoms with Crippen LogP contribution in [0.15, 0.2) is 30.5 Å². The Bertz CT molecular complexity index is 1070. The minimum atomic E-state index is -0.742. The maximum absolute atomic E-state index is 15.0. The van der Waals surface area contributed by atoms with E-state index in [4.69, 9.17) is 23.2 Å². The molecule has 1 atom stereocenters. The lowest BCUT2D eigenvalue weighted by Gasteiger charge is -2.33. The highest BCUT2D eigenvalue weighted by molar-refractivity contribution is 7.96. The molecule has 33 heavy (non-hydrogen) atoms. The van der Waals surface area contributed by atoms with Gasteiger partial charge >= 0.3 is 6.03 Å². The number of hydrogen-bond donors (Lipinski definition) is 3. The van der Waals surface area contributed by atoms with Crippen LogP contribution in [0, 0.1) is 5.82 Å². The highest BCUT2D eigenvalue weighted by Gasteiger charge is 2.45. The Hall–Kier alpha value is -2.07. The molecule has 0 radical (unpaired) electrons. The van der Waals surface area contributed by atoms with Gasteiger partial charge in [0, 0.05) is 30.4 Å². The van der Waals surface area contributed by atoms with E-state index in [1.165, 1.54) is 35.2 Å². The average Bonchev–Trinajstić information content (AvgIpc) is 3.56. The monoisotopic (exact) mass is 511 g/mol. The molecule has 2 aliphatic rings. The van der Waals surface area contributed by atoms with Gasteiger partial charge in [0.1, 0.15) is 11.9 Å². The Labute approximate surface area is 205 Å². The maximum Gasteiger partial charge on any atom is 0.321 e. The molecule has 1 saturated heterocycles. The molecule has 1 saturated carbocycles. The van der Waals surface area contributed by atoms with Crippen LogP contribution in [0.25, 0.3) is 0 Å². The number of nitrogens with zero attached hydrogens (tertiary/aromatic N) is 2. The first-order valence-electron chi connectivity index (χ1n) is 10.6. The second-order valence-electron chi connectivity index (χ2n) is 8.24. The lowest BCUT2D eigenvalue weighted by atomic mass is 9.94. The maximum atomic E-state index is 15.0. The molecular weight excluding hydrogens is 488 g/mol. The first kappa shape index (κ1) is 24.1. The highest BCUT2D eigenvalue weighted by Crippen LogP contribution is 2.49. The van der Waals surface area contributed by atoms with Crippen molar-refractivity contribution in [3.63, 3.8) is 0 Å². The van der Waals surface area contributed by atoms with Gasteiger partial charge in [-0.15, -0.1) is 0 Å². The van der Waals surface area contributed by atoms with Crippen molar-refractivity contribution >= 4 is 58.6 Å². The number of benzene rings is 1. The van der Waals surface area contributed by atoms with E-state index in [9.17, 15) is 9.59 Å². The smallest absolute Gasteiger partial charge is 0.321 e. The van der Waals surface area contributed by atoms with Crippen LogP contribution in [0.5, 0.6) is 0 Å². The molecule has 1 aromatic carbocycles. The van der Waals surface area contributed by atoms with Gasteiger partial charge in [0.25, 0.3) is 0 Å². The zero-order valence-corrected chi connectivity index (χ0v) is 20.3. The van der Waals surface area contributed by atoms with E-state index in [1.807, 2.05) is 6.26 Å². The van der Waals surface area contributed by atoms with Crippen molar-refractivity contribution < 1.29 is 14.0 Å². The van der Waals surface area contributed by atoms with Crippen molar-refractivity contribution in [1.29, 1.82) is 0 Å². The molecule has 0 spiro atoms. The van der Waals surface area contributed by atoms with Crippen LogP contribution in [0.1, 0.15) is 31.2 Å². The summed E-state index contributed by atoms with van der Waals surface area (Å²) in [6, 6.07) is 5.10. The van der Waals surface area contributed by atoms with Crippen LogP contribution in [0.3, 0.4) is 0 Å². The summed E-state index contributed by atoms with van der Waals surface area (Å²) in [5.41, 5.74) is 0.999. The number of hydrogen-bond acceptors (Lipinski definition) is 5. The summed E-state index contributed by atoms with van der Waals surface area (Å²) in [5, 5.41) is 5.72. The molecule has 2 heterocycles. The van der Waals surface area contributed by atoms with Gasteiger partial charge in [0.2, 0.25) is 5.91 Å². The number of anilines is 2.